The summed E-state index contributed by atoms with van der Waals surface area (Å²) >= 11 is 11.8. The largest absolute Gasteiger partial charge is 0.325 e. The van der Waals surface area contributed by atoms with E-state index in [2.05, 4.69) is 10.6 Å². The number of fused-ring (bicyclic) bond motifs is 2. The van der Waals surface area contributed by atoms with Gasteiger partial charge in [0.2, 0.25) is 5.91 Å². The van der Waals surface area contributed by atoms with E-state index in [4.69, 9.17) is 23.2 Å². The first kappa shape index (κ1) is 18.8. The Kier molecular flexibility index (Phi) is 4.77. The maximum Gasteiger partial charge on any atom is 0.325 e. The van der Waals surface area contributed by atoms with Crippen molar-refractivity contribution in [3.63, 3.8) is 0 Å². The van der Waals surface area contributed by atoms with E-state index in [0.29, 0.717) is 22.2 Å². The molecule has 144 valence electrons. The molecule has 6 nitrogen and oxygen atoms in total. The zero-order chi connectivity index (χ0) is 19.9. The molecule has 2 aromatic rings. The van der Waals surface area contributed by atoms with E-state index in [-0.39, 0.29) is 6.54 Å². The number of aryl methyl sites for hydroxylation is 1. The van der Waals surface area contributed by atoms with Crippen LogP contribution in [0, 0.1) is 0 Å². The maximum absolute atomic E-state index is 13.2. The van der Waals surface area contributed by atoms with Gasteiger partial charge in [-0.05, 0) is 48.6 Å². The Morgan fingerprint density at radius 3 is 2.71 bits per heavy atom. The zero-order valence-corrected chi connectivity index (χ0v) is 16.3. The Balaban J connectivity index is 1.54. The number of rotatable bonds is 3. The van der Waals surface area contributed by atoms with Gasteiger partial charge in [-0.25, -0.2) is 4.79 Å². The van der Waals surface area contributed by atoms with Gasteiger partial charge in [0.15, 0.2) is 0 Å². The molecule has 0 aromatic heterocycles. The number of hydrogen-bond donors (Lipinski definition) is 2. The lowest BCUT2D eigenvalue weighted by molar-refractivity contribution is -0.134. The Labute approximate surface area is 171 Å². The van der Waals surface area contributed by atoms with Crippen molar-refractivity contribution < 1.29 is 14.4 Å². The molecular formula is C20H17Cl2N3O3. The van der Waals surface area contributed by atoms with E-state index in [1.54, 1.807) is 12.1 Å². The smallest absolute Gasteiger partial charge is 0.324 e. The summed E-state index contributed by atoms with van der Waals surface area (Å²) in [5.74, 6) is -0.892. The van der Waals surface area contributed by atoms with Crippen LogP contribution in [0.1, 0.15) is 24.0 Å². The van der Waals surface area contributed by atoms with E-state index in [1.807, 2.05) is 24.3 Å². The van der Waals surface area contributed by atoms with Crippen LogP contribution in [-0.2, 0) is 21.5 Å². The highest BCUT2D eigenvalue weighted by Gasteiger charge is 2.54. The Bertz CT molecular complexity index is 994. The van der Waals surface area contributed by atoms with Crippen LogP contribution in [0.2, 0.25) is 10.0 Å². The summed E-state index contributed by atoms with van der Waals surface area (Å²) in [5, 5.41) is 6.13. The van der Waals surface area contributed by atoms with Crippen LogP contribution in [0.4, 0.5) is 10.5 Å². The van der Waals surface area contributed by atoms with Crippen LogP contribution in [0.5, 0.6) is 0 Å². The van der Waals surface area contributed by atoms with Crippen molar-refractivity contribution in [3.05, 3.63) is 63.6 Å². The number of benzene rings is 2. The van der Waals surface area contributed by atoms with Crippen molar-refractivity contribution in [2.75, 3.05) is 11.9 Å². The molecule has 0 saturated carbocycles. The number of halogens is 2. The Hall–Kier alpha value is -2.57. The predicted molar refractivity (Wildman–Crippen MR) is 106 cm³/mol. The standard InChI is InChI=1S/C20H17Cl2N3O3/c21-15-8-7-13(10-16(15)22)23-17(26)11-25-18(27)20(24-19(25)28)9-3-5-12-4-1-2-6-14(12)20/h1-2,4,6-8,10H,3,5,9,11H2,(H,23,26)(H,24,28)/t20-/m1/s1. The van der Waals surface area contributed by atoms with Gasteiger partial charge in [-0.3, -0.25) is 14.5 Å². The zero-order valence-electron chi connectivity index (χ0n) is 14.8. The maximum atomic E-state index is 13.2. The third-order valence-corrected chi connectivity index (χ3v) is 5.89. The van der Waals surface area contributed by atoms with Crippen molar-refractivity contribution >= 4 is 46.7 Å². The van der Waals surface area contributed by atoms with Crippen LogP contribution in [0.3, 0.4) is 0 Å². The molecule has 1 aliphatic carbocycles. The minimum atomic E-state index is -1.09. The summed E-state index contributed by atoms with van der Waals surface area (Å²) in [5.41, 5.74) is 1.20. The fourth-order valence-corrected chi connectivity index (χ4v) is 4.17. The Morgan fingerprint density at radius 1 is 1.14 bits per heavy atom. The van der Waals surface area contributed by atoms with Crippen LogP contribution >= 0.6 is 23.2 Å². The highest BCUT2D eigenvalue weighted by Crippen LogP contribution is 2.39. The summed E-state index contributed by atoms with van der Waals surface area (Å²) in [7, 11) is 0. The van der Waals surface area contributed by atoms with E-state index >= 15 is 0 Å². The molecule has 4 rings (SSSR count). The number of hydrogen-bond acceptors (Lipinski definition) is 3. The molecular weight excluding hydrogens is 401 g/mol. The average Bonchev–Trinajstić information content (AvgIpc) is 2.90. The number of carbonyl (C=O) groups excluding carboxylic acids is 3. The summed E-state index contributed by atoms with van der Waals surface area (Å²) in [6.45, 7) is -0.380. The number of nitrogens with one attached hydrogen (secondary N) is 2. The number of urea groups is 1. The molecule has 2 aliphatic rings. The number of nitrogens with zero attached hydrogens (tertiary/aromatic N) is 1. The fraction of sp³-hybridized carbons (Fsp3) is 0.250. The molecule has 1 saturated heterocycles. The minimum absolute atomic E-state index is 0.298. The van der Waals surface area contributed by atoms with Crippen LogP contribution in [0.15, 0.2) is 42.5 Å². The van der Waals surface area contributed by atoms with Gasteiger partial charge in [-0.15, -0.1) is 0 Å². The lowest BCUT2D eigenvalue weighted by Gasteiger charge is -2.33. The van der Waals surface area contributed by atoms with Gasteiger partial charge in [-0.2, -0.15) is 0 Å². The SMILES string of the molecule is O=C(CN1C(=O)N[C@@]2(CCCc3ccccc32)C1=O)Nc1ccc(Cl)c(Cl)c1. The molecule has 0 radical (unpaired) electrons. The lowest BCUT2D eigenvalue weighted by Crippen LogP contribution is -2.47. The molecule has 2 aromatic carbocycles. The second-order valence-electron chi connectivity index (χ2n) is 6.91. The minimum Gasteiger partial charge on any atom is -0.324 e. The molecule has 8 heteroatoms. The van der Waals surface area contributed by atoms with E-state index in [9.17, 15) is 14.4 Å². The van der Waals surface area contributed by atoms with Gasteiger partial charge in [0.1, 0.15) is 12.1 Å². The van der Waals surface area contributed by atoms with E-state index < -0.39 is 23.4 Å². The fourth-order valence-electron chi connectivity index (χ4n) is 3.87. The van der Waals surface area contributed by atoms with Gasteiger partial charge in [0, 0.05) is 5.69 Å². The van der Waals surface area contributed by atoms with Gasteiger partial charge in [-0.1, -0.05) is 47.5 Å². The predicted octanol–water partition coefficient (Wildman–Crippen LogP) is 3.72. The lowest BCUT2D eigenvalue weighted by atomic mass is 9.76. The number of imide groups is 1. The highest BCUT2D eigenvalue weighted by atomic mass is 35.5. The van der Waals surface area contributed by atoms with Crippen LogP contribution in [0.25, 0.3) is 0 Å². The van der Waals surface area contributed by atoms with Crippen molar-refractivity contribution in [1.29, 1.82) is 0 Å². The van der Waals surface area contributed by atoms with Crippen molar-refractivity contribution in [1.82, 2.24) is 10.2 Å². The summed E-state index contributed by atoms with van der Waals surface area (Å²) in [6, 6.07) is 11.7. The molecule has 4 amide bonds. The summed E-state index contributed by atoms with van der Waals surface area (Å²) in [6.07, 6.45) is 2.16. The van der Waals surface area contributed by atoms with Crippen molar-refractivity contribution in [3.8, 4) is 0 Å². The van der Waals surface area contributed by atoms with Gasteiger partial charge in [0.05, 0.1) is 10.0 Å². The van der Waals surface area contributed by atoms with Gasteiger partial charge >= 0.3 is 6.03 Å². The third-order valence-electron chi connectivity index (χ3n) is 5.16. The van der Waals surface area contributed by atoms with Crippen LogP contribution < -0.4 is 10.6 Å². The number of amides is 4. The second kappa shape index (κ2) is 7.11. The molecule has 1 heterocycles. The van der Waals surface area contributed by atoms with E-state index in [0.717, 1.165) is 28.9 Å². The van der Waals surface area contributed by atoms with Crippen LogP contribution in [-0.4, -0.2) is 29.3 Å². The van der Waals surface area contributed by atoms with Crippen molar-refractivity contribution in [2.45, 2.75) is 24.8 Å². The number of anilines is 1. The topological polar surface area (TPSA) is 78.5 Å². The molecule has 1 aliphatic heterocycles. The molecule has 0 bridgehead atoms. The highest BCUT2D eigenvalue weighted by molar-refractivity contribution is 6.42. The van der Waals surface area contributed by atoms with Gasteiger partial charge < -0.3 is 10.6 Å². The molecule has 1 spiro atoms. The quantitative estimate of drug-likeness (QED) is 0.746. The summed E-state index contributed by atoms with van der Waals surface area (Å²) < 4.78 is 0. The summed E-state index contributed by atoms with van der Waals surface area (Å²) in [4.78, 5) is 39.1. The molecule has 1 fully saturated rings. The monoisotopic (exact) mass is 417 g/mol. The first-order valence-corrected chi connectivity index (χ1v) is 9.64. The third kappa shape index (κ3) is 3.12. The molecule has 28 heavy (non-hydrogen) atoms. The van der Waals surface area contributed by atoms with Gasteiger partial charge in [0.25, 0.3) is 5.91 Å². The Morgan fingerprint density at radius 2 is 1.93 bits per heavy atom. The number of carbonyl (C=O) groups is 3. The molecule has 2 N–H and O–H groups in total. The normalized spacial score (nSPS) is 20.9. The second-order valence-corrected chi connectivity index (χ2v) is 7.73. The first-order chi connectivity index (χ1) is 13.4. The van der Waals surface area contributed by atoms with E-state index in [1.165, 1.54) is 6.07 Å². The van der Waals surface area contributed by atoms with Crippen molar-refractivity contribution in [2.24, 2.45) is 0 Å². The molecule has 0 unspecified atom stereocenters. The first-order valence-electron chi connectivity index (χ1n) is 8.88. The average molecular weight is 418 g/mol. The molecule has 1 atom stereocenters.